The van der Waals surface area contributed by atoms with Crippen LogP contribution in [0.15, 0.2) is 18.2 Å². The Morgan fingerprint density at radius 1 is 1.18 bits per heavy atom. The number of aryl methyl sites for hydroxylation is 1. The summed E-state index contributed by atoms with van der Waals surface area (Å²) in [5.74, 6) is 0.949. The minimum atomic E-state index is 0.121. The zero-order chi connectivity index (χ0) is 13.0. The van der Waals surface area contributed by atoms with Gasteiger partial charge >= 0.3 is 0 Å². The molecule has 96 valence electrons. The summed E-state index contributed by atoms with van der Waals surface area (Å²) in [6.45, 7) is 10.9. The van der Waals surface area contributed by atoms with Crippen molar-refractivity contribution >= 4 is 5.69 Å². The molecule has 17 heavy (non-hydrogen) atoms. The van der Waals surface area contributed by atoms with Crippen LogP contribution in [-0.4, -0.2) is 17.8 Å². The summed E-state index contributed by atoms with van der Waals surface area (Å²) in [7, 11) is 0. The summed E-state index contributed by atoms with van der Waals surface area (Å²) in [5, 5.41) is 12.8. The first-order valence-corrected chi connectivity index (χ1v) is 6.43. The van der Waals surface area contributed by atoms with Crippen molar-refractivity contribution in [2.75, 3.05) is 11.9 Å². The zero-order valence-corrected chi connectivity index (χ0v) is 11.6. The van der Waals surface area contributed by atoms with Gasteiger partial charge in [0.2, 0.25) is 0 Å². The number of rotatable bonds is 5. The summed E-state index contributed by atoms with van der Waals surface area (Å²) in [6.07, 6.45) is 0. The van der Waals surface area contributed by atoms with Gasteiger partial charge in [0.25, 0.3) is 0 Å². The quantitative estimate of drug-likeness (QED) is 0.818. The molecule has 0 aliphatic carbocycles. The normalized spacial score (nSPS) is 13.2. The van der Waals surface area contributed by atoms with Crippen molar-refractivity contribution in [3.63, 3.8) is 0 Å². The number of aliphatic hydroxyl groups is 1. The Morgan fingerprint density at radius 2 is 1.82 bits per heavy atom. The number of benzene rings is 1. The lowest BCUT2D eigenvalue weighted by atomic mass is 9.99. The van der Waals surface area contributed by atoms with Gasteiger partial charge in [-0.2, -0.15) is 0 Å². The van der Waals surface area contributed by atoms with Gasteiger partial charge in [-0.15, -0.1) is 0 Å². The highest BCUT2D eigenvalue weighted by Crippen LogP contribution is 2.23. The topological polar surface area (TPSA) is 32.3 Å². The van der Waals surface area contributed by atoms with E-state index in [1.165, 1.54) is 11.1 Å². The molecule has 0 spiro atoms. The molecule has 2 heteroatoms. The van der Waals surface area contributed by atoms with E-state index < -0.39 is 0 Å². The summed E-state index contributed by atoms with van der Waals surface area (Å²) >= 11 is 0. The maximum absolute atomic E-state index is 9.36. The van der Waals surface area contributed by atoms with E-state index in [4.69, 9.17) is 0 Å². The van der Waals surface area contributed by atoms with Gasteiger partial charge in [-0.05, 0) is 36.0 Å². The molecule has 0 amide bonds. The first kappa shape index (κ1) is 14.0. The average Bonchev–Trinajstić information content (AvgIpc) is 2.27. The third-order valence-electron chi connectivity index (χ3n) is 3.27. The van der Waals surface area contributed by atoms with E-state index in [1.54, 1.807) is 0 Å². The van der Waals surface area contributed by atoms with E-state index in [2.05, 4.69) is 58.1 Å². The smallest absolute Gasteiger partial charge is 0.0635 e. The average molecular weight is 235 g/mol. The van der Waals surface area contributed by atoms with E-state index in [9.17, 15) is 5.11 Å². The Morgan fingerprint density at radius 3 is 2.29 bits per heavy atom. The van der Waals surface area contributed by atoms with Crippen molar-refractivity contribution in [1.29, 1.82) is 0 Å². The lowest BCUT2D eigenvalue weighted by Crippen LogP contribution is -2.29. The van der Waals surface area contributed by atoms with Crippen LogP contribution in [0.1, 0.15) is 44.7 Å². The molecule has 1 rings (SSSR count). The molecule has 0 aliphatic rings. The minimum absolute atomic E-state index is 0.121. The second kappa shape index (κ2) is 6.06. The predicted molar refractivity (Wildman–Crippen MR) is 74.6 cm³/mol. The van der Waals surface area contributed by atoms with Crippen molar-refractivity contribution in [2.24, 2.45) is 5.92 Å². The largest absolute Gasteiger partial charge is 0.394 e. The highest BCUT2D eigenvalue weighted by molar-refractivity contribution is 5.54. The van der Waals surface area contributed by atoms with Gasteiger partial charge in [-0.25, -0.2) is 0 Å². The molecule has 2 nitrogen and oxygen atoms in total. The second-order valence-corrected chi connectivity index (χ2v) is 5.41. The van der Waals surface area contributed by atoms with Crippen LogP contribution >= 0.6 is 0 Å². The summed E-state index contributed by atoms with van der Waals surface area (Å²) in [4.78, 5) is 0. The van der Waals surface area contributed by atoms with Crippen molar-refractivity contribution in [2.45, 2.75) is 46.6 Å². The van der Waals surface area contributed by atoms with Crippen LogP contribution in [0, 0.1) is 12.8 Å². The molecule has 0 fully saturated rings. The zero-order valence-electron chi connectivity index (χ0n) is 11.6. The van der Waals surface area contributed by atoms with Gasteiger partial charge in [0, 0.05) is 5.69 Å². The third kappa shape index (κ3) is 3.74. The van der Waals surface area contributed by atoms with Crippen molar-refractivity contribution in [3.05, 3.63) is 29.3 Å². The summed E-state index contributed by atoms with van der Waals surface area (Å²) in [5.41, 5.74) is 3.70. The Balaban J connectivity index is 2.92. The van der Waals surface area contributed by atoms with Crippen LogP contribution in [0.25, 0.3) is 0 Å². The fourth-order valence-electron chi connectivity index (χ4n) is 1.78. The van der Waals surface area contributed by atoms with Crippen molar-refractivity contribution < 1.29 is 5.11 Å². The van der Waals surface area contributed by atoms with E-state index in [0.29, 0.717) is 11.8 Å². The SMILES string of the molecule is Cc1ccc(C(C)C)cc1NC(CO)C(C)C. The molecule has 1 aromatic carbocycles. The molecular formula is C15H25NO. The van der Waals surface area contributed by atoms with E-state index in [0.717, 1.165) is 5.69 Å². The van der Waals surface area contributed by atoms with Crippen LogP contribution in [0.5, 0.6) is 0 Å². The predicted octanol–water partition coefficient (Wildman–Crippen LogP) is 3.55. The Kier molecular flexibility index (Phi) is 5.01. The van der Waals surface area contributed by atoms with Gasteiger partial charge in [0.15, 0.2) is 0 Å². The molecule has 0 saturated heterocycles. The van der Waals surface area contributed by atoms with Gasteiger partial charge in [0.1, 0.15) is 0 Å². The number of hydrogen-bond donors (Lipinski definition) is 2. The van der Waals surface area contributed by atoms with Crippen LogP contribution < -0.4 is 5.32 Å². The van der Waals surface area contributed by atoms with E-state index in [1.807, 2.05) is 0 Å². The standard InChI is InChI=1S/C15H25NO/c1-10(2)13-7-6-12(5)14(8-13)16-15(9-17)11(3)4/h6-8,10-11,15-17H,9H2,1-5H3. The molecule has 1 aromatic rings. The first-order chi connectivity index (χ1) is 7.95. The molecule has 0 aromatic heterocycles. The molecule has 1 unspecified atom stereocenters. The third-order valence-corrected chi connectivity index (χ3v) is 3.27. The second-order valence-electron chi connectivity index (χ2n) is 5.41. The molecule has 1 atom stereocenters. The fraction of sp³-hybridized carbons (Fsp3) is 0.600. The van der Waals surface area contributed by atoms with Gasteiger partial charge in [-0.1, -0.05) is 39.8 Å². The Hall–Kier alpha value is -1.02. The lowest BCUT2D eigenvalue weighted by Gasteiger charge is -2.23. The van der Waals surface area contributed by atoms with Crippen LogP contribution in [-0.2, 0) is 0 Å². The molecular weight excluding hydrogens is 210 g/mol. The summed E-state index contributed by atoms with van der Waals surface area (Å²) in [6, 6.07) is 6.64. The van der Waals surface area contributed by atoms with Crippen LogP contribution in [0.2, 0.25) is 0 Å². The first-order valence-electron chi connectivity index (χ1n) is 6.43. The van der Waals surface area contributed by atoms with Crippen molar-refractivity contribution in [3.8, 4) is 0 Å². The maximum Gasteiger partial charge on any atom is 0.0635 e. The Labute approximate surface area is 105 Å². The van der Waals surface area contributed by atoms with Crippen LogP contribution in [0.4, 0.5) is 5.69 Å². The van der Waals surface area contributed by atoms with E-state index in [-0.39, 0.29) is 12.6 Å². The maximum atomic E-state index is 9.36. The van der Waals surface area contributed by atoms with Gasteiger partial charge in [0.05, 0.1) is 12.6 Å². The number of anilines is 1. The van der Waals surface area contributed by atoms with Gasteiger partial charge < -0.3 is 10.4 Å². The molecule has 0 radical (unpaired) electrons. The highest BCUT2D eigenvalue weighted by atomic mass is 16.3. The summed E-state index contributed by atoms with van der Waals surface area (Å²) < 4.78 is 0. The monoisotopic (exact) mass is 235 g/mol. The number of nitrogens with one attached hydrogen (secondary N) is 1. The molecule has 2 N–H and O–H groups in total. The lowest BCUT2D eigenvalue weighted by molar-refractivity contribution is 0.249. The van der Waals surface area contributed by atoms with E-state index >= 15 is 0 Å². The molecule has 0 heterocycles. The van der Waals surface area contributed by atoms with Gasteiger partial charge in [-0.3, -0.25) is 0 Å². The van der Waals surface area contributed by atoms with Crippen molar-refractivity contribution in [1.82, 2.24) is 0 Å². The number of aliphatic hydroxyl groups excluding tert-OH is 1. The molecule has 0 saturated carbocycles. The molecule has 0 aliphatic heterocycles. The number of hydrogen-bond acceptors (Lipinski definition) is 2. The van der Waals surface area contributed by atoms with Crippen LogP contribution in [0.3, 0.4) is 0 Å². The fourth-order valence-corrected chi connectivity index (χ4v) is 1.78. The minimum Gasteiger partial charge on any atom is -0.394 e. The highest BCUT2D eigenvalue weighted by Gasteiger charge is 2.13. The molecule has 0 bridgehead atoms. The Bertz CT molecular complexity index is 358.